The molecule has 142 valence electrons. The molecule has 0 saturated carbocycles. The lowest BCUT2D eigenvalue weighted by molar-refractivity contribution is 0.102. The average molecular weight is 416 g/mol. The number of carbonyl (C=O) groups excluding carboxylic acids is 1. The highest BCUT2D eigenvalue weighted by Gasteiger charge is 2.16. The van der Waals surface area contributed by atoms with Gasteiger partial charge in [0.25, 0.3) is 5.91 Å². The molecule has 0 spiro atoms. The minimum absolute atomic E-state index is 0.260. The third-order valence-corrected chi connectivity index (χ3v) is 5.36. The number of hydrogen-bond acceptors (Lipinski definition) is 5. The van der Waals surface area contributed by atoms with Gasteiger partial charge in [-0.3, -0.25) is 10.1 Å². The van der Waals surface area contributed by atoms with Crippen molar-refractivity contribution in [3.63, 3.8) is 0 Å². The molecule has 1 amide bonds. The molecule has 1 heterocycles. The smallest absolute Gasteiger partial charge is 0.257 e. The predicted octanol–water partition coefficient (Wildman–Crippen LogP) is 6.18. The van der Waals surface area contributed by atoms with Crippen LogP contribution in [0, 0.1) is 0 Å². The Bertz CT molecular complexity index is 727. The van der Waals surface area contributed by atoms with Crippen LogP contribution in [0.4, 0.5) is 5.13 Å². The summed E-state index contributed by atoms with van der Waals surface area (Å²) in [6.45, 7) is 6.75. The average Bonchev–Trinajstić information content (AvgIpc) is 3.05. The molecule has 1 aromatic heterocycles. The van der Waals surface area contributed by atoms with E-state index in [0.29, 0.717) is 33.1 Å². The van der Waals surface area contributed by atoms with E-state index in [1.54, 1.807) is 12.1 Å². The van der Waals surface area contributed by atoms with Crippen molar-refractivity contribution in [1.82, 2.24) is 10.2 Å². The van der Waals surface area contributed by atoms with Crippen LogP contribution in [-0.2, 0) is 0 Å². The maximum atomic E-state index is 12.4. The largest absolute Gasteiger partial charge is 0.490 e. The maximum absolute atomic E-state index is 12.4. The first-order valence-electron chi connectivity index (χ1n) is 8.69. The van der Waals surface area contributed by atoms with E-state index >= 15 is 0 Å². The van der Waals surface area contributed by atoms with Crippen molar-refractivity contribution < 1.29 is 9.53 Å². The summed E-state index contributed by atoms with van der Waals surface area (Å²) in [5.74, 6) is 0.338. The van der Waals surface area contributed by atoms with Crippen LogP contribution in [-0.4, -0.2) is 22.7 Å². The first-order valence-corrected chi connectivity index (χ1v) is 10.3. The van der Waals surface area contributed by atoms with Gasteiger partial charge in [0, 0.05) is 11.5 Å². The number of anilines is 1. The highest BCUT2D eigenvalue weighted by Crippen LogP contribution is 2.35. The molecule has 0 bridgehead atoms. The number of hydrogen-bond donors (Lipinski definition) is 1. The number of ether oxygens (including phenoxy) is 1. The van der Waals surface area contributed by atoms with E-state index in [9.17, 15) is 4.79 Å². The number of rotatable bonds is 9. The van der Waals surface area contributed by atoms with Crippen LogP contribution in [0.25, 0.3) is 0 Å². The molecule has 0 radical (unpaired) electrons. The summed E-state index contributed by atoms with van der Waals surface area (Å²) < 4.78 is 5.68. The fraction of sp³-hybridized carbons (Fsp3) is 0.500. The quantitative estimate of drug-likeness (QED) is 0.496. The molecule has 5 nitrogen and oxygen atoms in total. The number of nitrogens with zero attached hydrogens (tertiary/aromatic N) is 2. The van der Waals surface area contributed by atoms with Gasteiger partial charge in [0.05, 0.1) is 16.7 Å². The SMILES string of the molecule is CCCCCCOc1c(Cl)cc(C(=O)Nc2nnc(C(C)C)s2)cc1Cl. The first-order chi connectivity index (χ1) is 12.4. The molecule has 0 fully saturated rings. The summed E-state index contributed by atoms with van der Waals surface area (Å²) in [6, 6.07) is 3.10. The summed E-state index contributed by atoms with van der Waals surface area (Å²) in [6.07, 6.45) is 4.39. The molecule has 8 heteroatoms. The summed E-state index contributed by atoms with van der Waals surface area (Å²) in [5, 5.41) is 12.7. The van der Waals surface area contributed by atoms with Crippen molar-refractivity contribution in [3.05, 3.63) is 32.7 Å². The van der Waals surface area contributed by atoms with Crippen molar-refractivity contribution in [2.24, 2.45) is 0 Å². The van der Waals surface area contributed by atoms with E-state index in [2.05, 4.69) is 22.4 Å². The molecule has 0 atom stereocenters. The molecule has 26 heavy (non-hydrogen) atoms. The predicted molar refractivity (Wildman–Crippen MR) is 108 cm³/mol. The number of nitrogens with one attached hydrogen (secondary N) is 1. The van der Waals surface area contributed by atoms with Crippen molar-refractivity contribution in [1.29, 1.82) is 0 Å². The van der Waals surface area contributed by atoms with Crippen LogP contribution in [0.5, 0.6) is 5.75 Å². The normalized spacial score (nSPS) is 11.0. The summed E-state index contributed by atoms with van der Waals surface area (Å²) >= 11 is 13.9. The number of aromatic nitrogens is 2. The highest BCUT2D eigenvalue weighted by atomic mass is 35.5. The second kappa shape index (κ2) is 10.1. The lowest BCUT2D eigenvalue weighted by Gasteiger charge is -2.11. The topological polar surface area (TPSA) is 64.1 Å². The van der Waals surface area contributed by atoms with E-state index in [0.717, 1.165) is 17.8 Å². The summed E-state index contributed by atoms with van der Waals surface area (Å²) in [4.78, 5) is 12.4. The molecular weight excluding hydrogens is 393 g/mol. The van der Waals surface area contributed by atoms with E-state index in [1.165, 1.54) is 24.2 Å². The Kier molecular flexibility index (Phi) is 8.13. The fourth-order valence-electron chi connectivity index (χ4n) is 2.22. The lowest BCUT2D eigenvalue weighted by atomic mass is 10.2. The number of amides is 1. The Morgan fingerprint density at radius 1 is 1.19 bits per heavy atom. The first kappa shape index (κ1) is 20.9. The zero-order valence-corrected chi connectivity index (χ0v) is 17.5. The van der Waals surface area contributed by atoms with E-state index < -0.39 is 0 Å². The van der Waals surface area contributed by atoms with Crippen molar-refractivity contribution >= 4 is 45.6 Å². The Morgan fingerprint density at radius 2 is 1.88 bits per heavy atom. The Balaban J connectivity index is 2.01. The summed E-state index contributed by atoms with van der Waals surface area (Å²) in [5.41, 5.74) is 0.347. The Morgan fingerprint density at radius 3 is 2.46 bits per heavy atom. The molecule has 0 aliphatic heterocycles. The third-order valence-electron chi connectivity index (χ3n) is 3.66. The zero-order chi connectivity index (χ0) is 19.1. The third kappa shape index (κ3) is 5.83. The van der Waals surface area contributed by atoms with Gasteiger partial charge in [-0.05, 0) is 18.6 Å². The van der Waals surface area contributed by atoms with Gasteiger partial charge in [0.1, 0.15) is 5.01 Å². The van der Waals surface area contributed by atoms with Crippen LogP contribution in [0.2, 0.25) is 10.0 Å². The van der Waals surface area contributed by atoms with Crippen molar-refractivity contribution in [2.45, 2.75) is 52.4 Å². The van der Waals surface area contributed by atoms with Gasteiger partial charge in [-0.1, -0.05) is 74.6 Å². The molecule has 0 aliphatic rings. The van der Waals surface area contributed by atoms with Gasteiger partial charge >= 0.3 is 0 Å². The standard InChI is InChI=1S/C18H23Cl2N3O2S/c1-4-5-6-7-8-25-15-13(19)9-12(10-14(15)20)16(24)21-18-23-22-17(26-18)11(2)3/h9-11H,4-8H2,1-3H3,(H,21,23,24). The van der Waals surface area contributed by atoms with E-state index in [1.807, 2.05) is 13.8 Å². The van der Waals surface area contributed by atoms with Gasteiger partial charge in [0.15, 0.2) is 5.75 Å². The van der Waals surface area contributed by atoms with Crippen LogP contribution in [0.3, 0.4) is 0 Å². The van der Waals surface area contributed by atoms with Crippen molar-refractivity contribution in [3.8, 4) is 5.75 Å². The van der Waals surface area contributed by atoms with Crippen LogP contribution < -0.4 is 10.1 Å². The molecular formula is C18H23Cl2N3O2S. The Hall–Kier alpha value is -1.37. The minimum atomic E-state index is -0.338. The van der Waals surface area contributed by atoms with E-state index in [4.69, 9.17) is 27.9 Å². The molecule has 2 aromatic rings. The summed E-state index contributed by atoms with van der Waals surface area (Å²) in [7, 11) is 0. The van der Waals surface area contributed by atoms with Gasteiger partial charge in [0.2, 0.25) is 5.13 Å². The highest BCUT2D eigenvalue weighted by molar-refractivity contribution is 7.15. The van der Waals surface area contributed by atoms with Gasteiger partial charge in [-0.2, -0.15) is 0 Å². The monoisotopic (exact) mass is 415 g/mol. The fourth-order valence-corrected chi connectivity index (χ4v) is 3.56. The molecule has 0 aliphatic carbocycles. The number of carbonyl (C=O) groups is 1. The molecule has 1 N–H and O–H groups in total. The molecule has 0 saturated heterocycles. The van der Waals surface area contributed by atoms with Gasteiger partial charge in [-0.25, -0.2) is 0 Å². The van der Waals surface area contributed by atoms with Crippen molar-refractivity contribution in [2.75, 3.05) is 11.9 Å². The lowest BCUT2D eigenvalue weighted by Crippen LogP contribution is -2.12. The number of halogens is 2. The second-order valence-corrected chi connectivity index (χ2v) is 8.06. The minimum Gasteiger partial charge on any atom is -0.490 e. The van der Waals surface area contributed by atoms with E-state index in [-0.39, 0.29) is 11.8 Å². The molecule has 1 aromatic carbocycles. The van der Waals surface area contributed by atoms with Crippen LogP contribution >= 0.6 is 34.5 Å². The maximum Gasteiger partial charge on any atom is 0.257 e. The van der Waals surface area contributed by atoms with Crippen LogP contribution in [0.15, 0.2) is 12.1 Å². The Labute approximate surface area is 168 Å². The van der Waals surface area contributed by atoms with Gasteiger partial charge in [-0.15, -0.1) is 10.2 Å². The number of unbranched alkanes of at least 4 members (excludes halogenated alkanes) is 3. The number of benzene rings is 1. The molecule has 0 unspecified atom stereocenters. The zero-order valence-electron chi connectivity index (χ0n) is 15.1. The molecule has 2 rings (SSSR count). The van der Waals surface area contributed by atoms with Gasteiger partial charge < -0.3 is 4.74 Å². The second-order valence-electron chi connectivity index (χ2n) is 6.23. The van der Waals surface area contributed by atoms with Crippen LogP contribution in [0.1, 0.15) is 67.7 Å².